The maximum atomic E-state index is 12.4. The Kier molecular flexibility index (Phi) is 5.20. The lowest BCUT2D eigenvalue weighted by atomic mass is 10.1. The lowest BCUT2D eigenvalue weighted by Gasteiger charge is -2.29. The van der Waals surface area contributed by atoms with E-state index in [9.17, 15) is 4.79 Å². The molecule has 1 heterocycles. The van der Waals surface area contributed by atoms with Gasteiger partial charge in [-0.15, -0.1) is 0 Å². The van der Waals surface area contributed by atoms with Crippen LogP contribution < -0.4 is 10.5 Å². The standard InChI is InChI=1S/C16H24N2O3/c1-11-4-5-15(14(10-11)12(2)17)21-13(3)16(19)18-6-8-20-9-7-18/h4-5,10,12-13H,6-9,17H2,1-3H3. The summed E-state index contributed by atoms with van der Waals surface area (Å²) >= 11 is 0. The van der Waals surface area contributed by atoms with Crippen molar-refractivity contribution < 1.29 is 14.3 Å². The number of benzene rings is 1. The second-order valence-electron chi connectivity index (χ2n) is 5.53. The van der Waals surface area contributed by atoms with Gasteiger partial charge in [-0.05, 0) is 26.8 Å². The summed E-state index contributed by atoms with van der Waals surface area (Å²) in [6.45, 7) is 8.14. The third-order valence-electron chi connectivity index (χ3n) is 3.63. The molecular weight excluding hydrogens is 268 g/mol. The van der Waals surface area contributed by atoms with Crippen LogP contribution in [0.15, 0.2) is 18.2 Å². The number of rotatable bonds is 4. The van der Waals surface area contributed by atoms with Crippen molar-refractivity contribution in [2.45, 2.75) is 32.9 Å². The Bertz CT molecular complexity index is 496. The van der Waals surface area contributed by atoms with Gasteiger partial charge in [-0.3, -0.25) is 4.79 Å². The van der Waals surface area contributed by atoms with Crippen LogP contribution in [0, 0.1) is 6.92 Å². The normalized spacial score (nSPS) is 18.2. The smallest absolute Gasteiger partial charge is 0.263 e. The number of aryl methyl sites for hydroxylation is 1. The van der Waals surface area contributed by atoms with Gasteiger partial charge in [0.15, 0.2) is 6.10 Å². The highest BCUT2D eigenvalue weighted by atomic mass is 16.5. The molecule has 1 fully saturated rings. The fourth-order valence-electron chi connectivity index (χ4n) is 2.41. The van der Waals surface area contributed by atoms with Crippen LogP contribution in [0.4, 0.5) is 0 Å². The van der Waals surface area contributed by atoms with E-state index in [2.05, 4.69) is 0 Å². The first-order chi connectivity index (χ1) is 9.99. The fraction of sp³-hybridized carbons (Fsp3) is 0.562. The van der Waals surface area contributed by atoms with Gasteiger partial charge in [0.2, 0.25) is 0 Å². The van der Waals surface area contributed by atoms with Crippen LogP contribution in [0.1, 0.15) is 31.0 Å². The Morgan fingerprint density at radius 3 is 2.62 bits per heavy atom. The molecule has 1 aliphatic rings. The minimum Gasteiger partial charge on any atom is -0.481 e. The molecule has 2 unspecified atom stereocenters. The molecule has 1 aromatic carbocycles. The highest BCUT2D eigenvalue weighted by Gasteiger charge is 2.24. The van der Waals surface area contributed by atoms with Crippen LogP contribution in [-0.2, 0) is 9.53 Å². The second kappa shape index (κ2) is 6.91. The Hall–Kier alpha value is -1.59. The molecule has 0 aromatic heterocycles. The second-order valence-corrected chi connectivity index (χ2v) is 5.53. The van der Waals surface area contributed by atoms with Crippen molar-refractivity contribution in [3.05, 3.63) is 29.3 Å². The monoisotopic (exact) mass is 292 g/mol. The average Bonchev–Trinajstić information content (AvgIpc) is 2.49. The predicted octanol–water partition coefficient (Wildman–Crippen LogP) is 1.64. The summed E-state index contributed by atoms with van der Waals surface area (Å²) in [6.07, 6.45) is -0.525. The Labute approximate surface area is 126 Å². The summed E-state index contributed by atoms with van der Waals surface area (Å²) in [5, 5.41) is 0. The summed E-state index contributed by atoms with van der Waals surface area (Å²) in [6, 6.07) is 5.72. The summed E-state index contributed by atoms with van der Waals surface area (Å²) in [7, 11) is 0. The predicted molar refractivity (Wildman–Crippen MR) is 81.3 cm³/mol. The molecule has 21 heavy (non-hydrogen) atoms. The van der Waals surface area contributed by atoms with E-state index in [1.807, 2.05) is 32.0 Å². The van der Waals surface area contributed by atoms with Gasteiger partial charge in [0, 0.05) is 24.7 Å². The van der Waals surface area contributed by atoms with E-state index in [1.54, 1.807) is 11.8 Å². The molecule has 5 nitrogen and oxygen atoms in total. The van der Waals surface area contributed by atoms with Crippen LogP contribution in [-0.4, -0.2) is 43.2 Å². The topological polar surface area (TPSA) is 64.8 Å². The van der Waals surface area contributed by atoms with Crippen LogP contribution >= 0.6 is 0 Å². The minimum absolute atomic E-state index is 0.00509. The molecule has 0 aliphatic carbocycles. The maximum absolute atomic E-state index is 12.4. The molecule has 2 atom stereocenters. The molecule has 2 N–H and O–H groups in total. The molecule has 1 amide bonds. The highest BCUT2D eigenvalue weighted by Crippen LogP contribution is 2.26. The van der Waals surface area contributed by atoms with Gasteiger partial charge in [0.05, 0.1) is 13.2 Å². The Morgan fingerprint density at radius 1 is 1.33 bits per heavy atom. The maximum Gasteiger partial charge on any atom is 0.263 e. The van der Waals surface area contributed by atoms with E-state index >= 15 is 0 Å². The first-order valence-electron chi connectivity index (χ1n) is 7.38. The number of hydrogen-bond acceptors (Lipinski definition) is 4. The lowest BCUT2D eigenvalue weighted by molar-refractivity contribution is -0.142. The highest BCUT2D eigenvalue weighted by molar-refractivity contribution is 5.81. The zero-order chi connectivity index (χ0) is 15.4. The molecule has 0 spiro atoms. The summed E-state index contributed by atoms with van der Waals surface area (Å²) in [4.78, 5) is 14.2. The third-order valence-corrected chi connectivity index (χ3v) is 3.63. The van der Waals surface area contributed by atoms with Crippen LogP contribution in [0.5, 0.6) is 5.75 Å². The number of morpholine rings is 1. The molecule has 1 aliphatic heterocycles. The van der Waals surface area contributed by atoms with Gasteiger partial charge < -0.3 is 20.1 Å². The zero-order valence-corrected chi connectivity index (χ0v) is 13.0. The van der Waals surface area contributed by atoms with Gasteiger partial charge in [-0.25, -0.2) is 0 Å². The summed E-state index contributed by atoms with van der Waals surface area (Å²) in [5.74, 6) is 0.680. The molecule has 116 valence electrons. The van der Waals surface area contributed by atoms with Crippen LogP contribution in [0.3, 0.4) is 0 Å². The van der Waals surface area contributed by atoms with Crippen molar-refractivity contribution in [1.29, 1.82) is 0 Å². The average molecular weight is 292 g/mol. The minimum atomic E-state index is -0.525. The van der Waals surface area contributed by atoms with Gasteiger partial charge >= 0.3 is 0 Å². The van der Waals surface area contributed by atoms with Gasteiger partial charge in [-0.1, -0.05) is 17.7 Å². The molecule has 0 saturated carbocycles. The van der Waals surface area contributed by atoms with Crippen molar-refractivity contribution in [3.8, 4) is 5.75 Å². The van der Waals surface area contributed by atoms with Crippen molar-refractivity contribution in [1.82, 2.24) is 4.90 Å². The molecule has 0 radical (unpaired) electrons. The number of carbonyl (C=O) groups is 1. The molecule has 1 saturated heterocycles. The van der Waals surface area contributed by atoms with E-state index < -0.39 is 6.10 Å². The van der Waals surface area contributed by atoms with E-state index in [1.165, 1.54) is 0 Å². The zero-order valence-electron chi connectivity index (χ0n) is 13.0. The van der Waals surface area contributed by atoms with Crippen molar-refractivity contribution >= 4 is 5.91 Å². The number of hydrogen-bond donors (Lipinski definition) is 1. The van der Waals surface area contributed by atoms with Crippen molar-refractivity contribution in [3.63, 3.8) is 0 Å². The summed E-state index contributed by atoms with van der Waals surface area (Å²) in [5.41, 5.74) is 8.04. The first kappa shape index (κ1) is 15.8. The molecule has 0 bridgehead atoms. The molecular formula is C16H24N2O3. The number of amides is 1. The van der Waals surface area contributed by atoms with Gasteiger partial charge in [0.1, 0.15) is 5.75 Å². The lowest BCUT2D eigenvalue weighted by Crippen LogP contribution is -2.46. The number of ether oxygens (including phenoxy) is 2. The van der Waals surface area contributed by atoms with Crippen molar-refractivity contribution in [2.75, 3.05) is 26.3 Å². The number of nitrogens with zero attached hydrogens (tertiary/aromatic N) is 1. The Balaban J connectivity index is 2.08. The van der Waals surface area contributed by atoms with Crippen LogP contribution in [0.2, 0.25) is 0 Å². The Morgan fingerprint density at radius 2 is 2.00 bits per heavy atom. The quantitative estimate of drug-likeness (QED) is 0.916. The van der Waals surface area contributed by atoms with Gasteiger partial charge in [-0.2, -0.15) is 0 Å². The van der Waals surface area contributed by atoms with Crippen LogP contribution in [0.25, 0.3) is 0 Å². The van der Waals surface area contributed by atoms with Crippen molar-refractivity contribution in [2.24, 2.45) is 5.73 Å². The summed E-state index contributed by atoms with van der Waals surface area (Å²) < 4.78 is 11.1. The first-order valence-corrected chi connectivity index (χ1v) is 7.38. The number of nitrogens with two attached hydrogens (primary N) is 1. The van der Waals surface area contributed by atoms with E-state index in [0.717, 1.165) is 11.1 Å². The largest absolute Gasteiger partial charge is 0.481 e. The third kappa shape index (κ3) is 3.95. The molecule has 5 heteroatoms. The van der Waals surface area contributed by atoms with E-state index in [0.29, 0.717) is 32.1 Å². The van der Waals surface area contributed by atoms with E-state index in [4.69, 9.17) is 15.2 Å². The molecule has 2 rings (SSSR count). The SMILES string of the molecule is Cc1ccc(OC(C)C(=O)N2CCOCC2)c(C(C)N)c1. The number of carbonyl (C=O) groups excluding carboxylic acids is 1. The molecule has 1 aromatic rings. The van der Waals surface area contributed by atoms with E-state index in [-0.39, 0.29) is 11.9 Å². The fourth-order valence-corrected chi connectivity index (χ4v) is 2.41. The van der Waals surface area contributed by atoms with Gasteiger partial charge in [0.25, 0.3) is 5.91 Å².